The van der Waals surface area contributed by atoms with Crippen LogP contribution in [0.15, 0.2) is 83.8 Å². The van der Waals surface area contributed by atoms with Gasteiger partial charge in [-0.15, -0.1) is 0 Å². The average molecular weight is 425 g/mol. The fourth-order valence-electron chi connectivity index (χ4n) is 2.93. The summed E-state index contributed by atoms with van der Waals surface area (Å²) in [6.07, 6.45) is 0.818. The third kappa shape index (κ3) is 4.99. The lowest BCUT2D eigenvalue weighted by atomic mass is 10.1. The van der Waals surface area contributed by atoms with Gasteiger partial charge in [-0.25, -0.2) is 8.42 Å². The molecule has 0 unspecified atom stereocenters. The first kappa shape index (κ1) is 21.4. The molecule has 0 saturated carbocycles. The smallest absolute Gasteiger partial charge is 0.264 e. The zero-order chi connectivity index (χ0) is 21.6. The highest BCUT2D eigenvalue weighted by Gasteiger charge is 2.20. The van der Waals surface area contributed by atoms with E-state index in [1.807, 2.05) is 31.2 Å². The number of amides is 1. The van der Waals surface area contributed by atoms with Crippen molar-refractivity contribution < 1.29 is 17.9 Å². The van der Waals surface area contributed by atoms with Crippen LogP contribution >= 0.6 is 0 Å². The van der Waals surface area contributed by atoms with Crippen LogP contribution in [0, 0.1) is 0 Å². The van der Waals surface area contributed by atoms with Crippen molar-refractivity contribution in [3.8, 4) is 5.75 Å². The molecule has 7 heteroatoms. The van der Waals surface area contributed by atoms with Crippen molar-refractivity contribution in [2.75, 3.05) is 23.3 Å². The Morgan fingerprint density at radius 1 is 0.933 bits per heavy atom. The third-order valence-corrected chi connectivity index (χ3v) is 6.44. The highest BCUT2D eigenvalue weighted by Crippen LogP contribution is 2.24. The van der Waals surface area contributed by atoms with Gasteiger partial charge in [-0.2, -0.15) is 0 Å². The lowest BCUT2D eigenvalue weighted by molar-refractivity contribution is -0.118. The monoisotopic (exact) mass is 424 g/mol. The quantitative estimate of drug-likeness (QED) is 0.591. The molecular weight excluding hydrogens is 400 g/mol. The molecule has 3 aromatic carbocycles. The van der Waals surface area contributed by atoms with Crippen molar-refractivity contribution in [3.05, 3.63) is 84.4 Å². The van der Waals surface area contributed by atoms with Crippen LogP contribution in [0.5, 0.6) is 5.75 Å². The van der Waals surface area contributed by atoms with Crippen molar-refractivity contribution in [1.82, 2.24) is 0 Å². The van der Waals surface area contributed by atoms with E-state index < -0.39 is 10.0 Å². The minimum absolute atomic E-state index is 0.143. The van der Waals surface area contributed by atoms with Gasteiger partial charge in [0.05, 0.1) is 10.6 Å². The van der Waals surface area contributed by atoms with E-state index in [9.17, 15) is 13.2 Å². The van der Waals surface area contributed by atoms with Crippen LogP contribution in [0.2, 0.25) is 0 Å². The molecule has 0 fully saturated rings. The summed E-state index contributed by atoms with van der Waals surface area (Å²) in [4.78, 5) is 12.4. The molecule has 0 aliphatic rings. The topological polar surface area (TPSA) is 75.7 Å². The van der Waals surface area contributed by atoms with Gasteiger partial charge < -0.3 is 10.1 Å². The molecule has 30 heavy (non-hydrogen) atoms. The molecule has 0 radical (unpaired) electrons. The summed E-state index contributed by atoms with van der Waals surface area (Å²) >= 11 is 0. The van der Waals surface area contributed by atoms with Gasteiger partial charge in [0.25, 0.3) is 15.9 Å². The molecule has 0 aromatic heterocycles. The largest absolute Gasteiger partial charge is 0.484 e. The van der Waals surface area contributed by atoms with E-state index in [2.05, 4.69) is 5.32 Å². The van der Waals surface area contributed by atoms with Gasteiger partial charge in [-0.05, 0) is 54.4 Å². The first-order valence-corrected chi connectivity index (χ1v) is 11.0. The first-order chi connectivity index (χ1) is 14.4. The number of rotatable bonds is 8. The van der Waals surface area contributed by atoms with Crippen LogP contribution in [0.1, 0.15) is 12.5 Å². The van der Waals surface area contributed by atoms with Gasteiger partial charge in [0.1, 0.15) is 5.75 Å². The maximum atomic E-state index is 12.7. The minimum atomic E-state index is -3.64. The number of nitrogens with one attached hydrogen (secondary N) is 1. The van der Waals surface area contributed by atoms with Crippen LogP contribution in [0.3, 0.4) is 0 Å². The molecular formula is C23H24N2O4S. The molecule has 1 amide bonds. The molecule has 0 spiro atoms. The Hall–Kier alpha value is -3.32. The summed E-state index contributed by atoms with van der Waals surface area (Å²) < 4.78 is 32.1. The summed E-state index contributed by atoms with van der Waals surface area (Å²) in [6.45, 7) is 1.88. The molecule has 0 aliphatic heterocycles. The van der Waals surface area contributed by atoms with Crippen LogP contribution < -0.4 is 14.4 Å². The molecule has 0 aliphatic carbocycles. The fraction of sp³-hybridized carbons (Fsp3) is 0.174. The Labute approximate surface area is 177 Å². The SMILES string of the molecule is CCc1ccccc1NC(=O)COc1ccc(N(C)S(=O)(=O)c2ccccc2)cc1. The molecule has 0 bridgehead atoms. The highest BCUT2D eigenvalue weighted by atomic mass is 32.2. The third-order valence-electron chi connectivity index (χ3n) is 4.64. The molecule has 1 N–H and O–H groups in total. The Balaban J connectivity index is 1.61. The number of carbonyl (C=O) groups excluding carboxylic acids is 1. The summed E-state index contributed by atoms with van der Waals surface area (Å²) in [5.74, 6) is 0.215. The van der Waals surface area contributed by atoms with E-state index in [0.29, 0.717) is 11.4 Å². The molecule has 3 aromatic rings. The van der Waals surface area contributed by atoms with Crippen molar-refractivity contribution >= 4 is 27.3 Å². The number of para-hydroxylation sites is 1. The second kappa shape index (κ2) is 9.45. The molecule has 0 heterocycles. The van der Waals surface area contributed by atoms with Gasteiger partial charge in [-0.1, -0.05) is 43.3 Å². The van der Waals surface area contributed by atoms with Crippen LogP contribution in [-0.4, -0.2) is 28.0 Å². The van der Waals surface area contributed by atoms with E-state index >= 15 is 0 Å². The summed E-state index contributed by atoms with van der Waals surface area (Å²) in [6, 6.07) is 22.4. The van der Waals surface area contributed by atoms with E-state index in [-0.39, 0.29) is 17.4 Å². The maximum absolute atomic E-state index is 12.7. The Kier molecular flexibility index (Phi) is 6.74. The lowest BCUT2D eigenvalue weighted by Gasteiger charge is -2.19. The molecule has 6 nitrogen and oxygen atoms in total. The number of anilines is 2. The zero-order valence-electron chi connectivity index (χ0n) is 16.9. The first-order valence-electron chi connectivity index (χ1n) is 9.56. The van der Waals surface area contributed by atoms with E-state index in [1.54, 1.807) is 54.6 Å². The normalized spacial score (nSPS) is 11.0. The van der Waals surface area contributed by atoms with Crippen molar-refractivity contribution in [2.45, 2.75) is 18.2 Å². The van der Waals surface area contributed by atoms with Crippen LogP contribution in [-0.2, 0) is 21.2 Å². The van der Waals surface area contributed by atoms with E-state index in [0.717, 1.165) is 17.7 Å². The summed E-state index contributed by atoms with van der Waals surface area (Å²) in [5.41, 5.74) is 2.32. The van der Waals surface area contributed by atoms with Gasteiger partial charge in [0.2, 0.25) is 0 Å². The molecule has 0 saturated heterocycles. The Bertz CT molecular complexity index is 1100. The number of nitrogens with zero attached hydrogens (tertiary/aromatic N) is 1. The Morgan fingerprint density at radius 2 is 1.57 bits per heavy atom. The second-order valence-corrected chi connectivity index (χ2v) is 8.60. The number of aryl methyl sites for hydroxylation is 1. The van der Waals surface area contributed by atoms with Crippen LogP contribution in [0.25, 0.3) is 0 Å². The average Bonchev–Trinajstić information content (AvgIpc) is 2.78. The number of sulfonamides is 1. The van der Waals surface area contributed by atoms with Gasteiger partial charge in [0.15, 0.2) is 6.61 Å². The van der Waals surface area contributed by atoms with Crippen molar-refractivity contribution in [1.29, 1.82) is 0 Å². The number of hydrogen-bond acceptors (Lipinski definition) is 4. The summed E-state index contributed by atoms with van der Waals surface area (Å²) in [5, 5.41) is 2.85. The van der Waals surface area contributed by atoms with Gasteiger partial charge >= 0.3 is 0 Å². The fourth-order valence-corrected chi connectivity index (χ4v) is 4.14. The number of carbonyl (C=O) groups is 1. The number of ether oxygens (including phenoxy) is 1. The number of benzene rings is 3. The molecule has 156 valence electrons. The van der Waals surface area contributed by atoms with E-state index in [4.69, 9.17) is 4.74 Å². The second-order valence-electron chi connectivity index (χ2n) is 6.63. The predicted molar refractivity (Wildman–Crippen MR) is 118 cm³/mol. The minimum Gasteiger partial charge on any atom is -0.484 e. The Morgan fingerprint density at radius 3 is 2.23 bits per heavy atom. The zero-order valence-corrected chi connectivity index (χ0v) is 17.7. The highest BCUT2D eigenvalue weighted by molar-refractivity contribution is 7.92. The van der Waals surface area contributed by atoms with Crippen molar-refractivity contribution in [2.24, 2.45) is 0 Å². The number of hydrogen-bond donors (Lipinski definition) is 1. The maximum Gasteiger partial charge on any atom is 0.264 e. The predicted octanol–water partition coefficient (Wildman–Crippen LogP) is 4.09. The lowest BCUT2D eigenvalue weighted by Crippen LogP contribution is -2.26. The van der Waals surface area contributed by atoms with Crippen molar-refractivity contribution in [3.63, 3.8) is 0 Å². The molecule has 0 atom stereocenters. The van der Waals surface area contributed by atoms with Gasteiger partial charge in [0, 0.05) is 12.7 Å². The van der Waals surface area contributed by atoms with Crippen LogP contribution in [0.4, 0.5) is 11.4 Å². The summed E-state index contributed by atoms with van der Waals surface area (Å²) in [7, 11) is -2.15. The van der Waals surface area contributed by atoms with Gasteiger partial charge in [-0.3, -0.25) is 9.10 Å². The van der Waals surface area contributed by atoms with E-state index in [1.165, 1.54) is 11.4 Å². The standard InChI is InChI=1S/C23H24N2O4S/c1-3-18-9-7-8-12-22(18)24-23(26)17-29-20-15-13-19(14-16-20)25(2)30(27,28)21-10-5-4-6-11-21/h4-16H,3,17H2,1-2H3,(H,24,26). The molecule has 3 rings (SSSR count).